The van der Waals surface area contributed by atoms with E-state index in [1.165, 1.54) is 0 Å². The van der Waals surface area contributed by atoms with Gasteiger partial charge in [0.2, 0.25) is 0 Å². The van der Waals surface area contributed by atoms with Crippen molar-refractivity contribution in [2.24, 2.45) is 0 Å². The van der Waals surface area contributed by atoms with Crippen LogP contribution in [0.1, 0.15) is 156 Å². The molecular weight excluding hydrogens is 1310 g/mol. The molecule has 5 aromatic heterocycles. The van der Waals surface area contributed by atoms with Crippen molar-refractivity contribution in [2.75, 3.05) is 0 Å². The van der Waals surface area contributed by atoms with Gasteiger partial charge in [-0.1, -0.05) is 335 Å². The summed E-state index contributed by atoms with van der Waals surface area (Å²) in [5.74, 6) is 2.60. The van der Waals surface area contributed by atoms with Crippen LogP contribution >= 0.6 is 0 Å². The quantitative estimate of drug-likeness (QED) is 0.115. The third-order valence-corrected chi connectivity index (χ3v) is 17.8. The second-order valence-corrected chi connectivity index (χ2v) is 27.4. The third-order valence-electron chi connectivity index (χ3n) is 17.8. The molecule has 0 bridgehead atoms. The number of para-hydroxylation sites is 5. The number of fused-ring (bicyclic) bond motifs is 7. The minimum atomic E-state index is -0.425. The van der Waals surface area contributed by atoms with E-state index in [-0.39, 0.29) is 101 Å². The summed E-state index contributed by atoms with van der Waals surface area (Å²) >= 11 is 0. The summed E-state index contributed by atoms with van der Waals surface area (Å²) in [6.45, 7) is 24.3. The van der Waals surface area contributed by atoms with Gasteiger partial charge in [0.1, 0.15) is 11.6 Å². The van der Waals surface area contributed by atoms with Gasteiger partial charge in [-0.15, -0.1) is 0 Å². The zero-order valence-electron chi connectivity index (χ0n) is 75.1. The molecule has 0 spiro atoms. The summed E-state index contributed by atoms with van der Waals surface area (Å²) in [6, 6.07) is 69.3. The maximum absolute atomic E-state index is 8.53. The van der Waals surface area contributed by atoms with Gasteiger partial charge in [-0.2, -0.15) is 0 Å². The minimum absolute atomic E-state index is 0.0183. The normalized spacial score (nSPS) is 12.9. The van der Waals surface area contributed by atoms with Gasteiger partial charge < -0.3 is 0 Å². The first-order chi connectivity index (χ1) is 57.4. The van der Waals surface area contributed by atoms with E-state index in [0.717, 1.165) is 89.6 Å². The highest BCUT2D eigenvalue weighted by molar-refractivity contribution is 6.05. The van der Waals surface area contributed by atoms with Crippen molar-refractivity contribution in [2.45, 2.75) is 113 Å². The molecule has 17 rings (SSSR count). The average Bonchev–Trinajstić information content (AvgIpc) is 0.694. The lowest BCUT2D eigenvalue weighted by Gasteiger charge is -2.14. The van der Waals surface area contributed by atoms with Crippen LogP contribution in [0.3, 0.4) is 0 Å². The Morgan fingerprint density at radius 1 is 0.252 bits per heavy atom. The number of benzene rings is 12. The molecule has 107 heavy (non-hydrogen) atoms. The lowest BCUT2D eigenvalue weighted by atomic mass is 9.99. The third kappa shape index (κ3) is 16.9. The molecule has 17 aromatic rings. The molecule has 5 heterocycles. The lowest BCUT2D eigenvalue weighted by Crippen LogP contribution is -2.01. The molecular formula is C97H90N10. The van der Waals surface area contributed by atoms with Crippen molar-refractivity contribution in [3.8, 4) is 67.5 Å². The van der Waals surface area contributed by atoms with Crippen molar-refractivity contribution in [3.63, 3.8) is 0 Å². The Morgan fingerprint density at radius 3 is 1.30 bits per heavy atom. The molecule has 0 aliphatic rings. The van der Waals surface area contributed by atoms with Crippen LogP contribution in [0.5, 0.6) is 0 Å². The van der Waals surface area contributed by atoms with Crippen LogP contribution in [-0.4, -0.2) is 49.8 Å². The molecule has 0 aliphatic heterocycles. The number of aromatic nitrogens is 10. The number of rotatable bonds is 11. The Bertz CT molecular complexity index is 6680. The van der Waals surface area contributed by atoms with Crippen molar-refractivity contribution < 1.29 is 17.8 Å². The Labute approximate surface area is 647 Å². The topological polar surface area (TPSA) is 129 Å². The molecule has 0 amide bonds. The number of nitrogens with zero attached hydrogens (tertiary/aromatic N) is 10. The SMILES string of the molecule is [2H]c1c(C)c([2H])c2c(ccc3nc(-c4ccccc4)c(C(C)C)nc32)c1[2H].[2H]c1c([2H])c([2H])c(-c2nc3cccc(C(C)C)c3nc2-c2ccccc2)c([2H])c1[2H].[2H]c1c([2H])c([2H])c2c(-c3ccccc3)nc(C(C)C)nc2c1C.[2H]c1cccc2nc(C(C)C)c(-c3ccccc3)nc12.[2H]c1cccc2nc(C(C)C)nc(-c3ccccc3)c12. The van der Waals surface area contributed by atoms with E-state index in [1.807, 2.05) is 214 Å². The summed E-state index contributed by atoms with van der Waals surface area (Å²) < 4.78 is 106. The Balaban J connectivity index is 0.000000131. The number of hydrogen-bond donors (Lipinski definition) is 0. The van der Waals surface area contributed by atoms with E-state index in [4.69, 9.17) is 52.7 Å². The zero-order valence-corrected chi connectivity index (χ0v) is 62.1. The van der Waals surface area contributed by atoms with Crippen LogP contribution in [0.4, 0.5) is 0 Å². The van der Waals surface area contributed by atoms with Gasteiger partial charge in [0.15, 0.2) is 0 Å². The predicted octanol–water partition coefficient (Wildman–Crippen LogP) is 25.5. The first-order valence-corrected chi connectivity index (χ1v) is 36.1. The Hall–Kier alpha value is -12.4. The van der Waals surface area contributed by atoms with Crippen molar-refractivity contribution in [3.05, 3.63) is 337 Å². The molecule has 0 atom stereocenters. The highest BCUT2D eigenvalue weighted by atomic mass is 14.9. The maximum atomic E-state index is 8.53. The van der Waals surface area contributed by atoms with Crippen molar-refractivity contribution >= 4 is 65.7 Å². The van der Waals surface area contributed by atoms with Crippen LogP contribution in [0.25, 0.3) is 133 Å². The summed E-state index contributed by atoms with van der Waals surface area (Å²) in [6.07, 6.45) is 0. The summed E-state index contributed by atoms with van der Waals surface area (Å²) in [4.78, 5) is 47.5. The molecule has 0 saturated heterocycles. The highest BCUT2D eigenvalue weighted by Gasteiger charge is 2.20. The van der Waals surface area contributed by atoms with Crippen LogP contribution in [0, 0.1) is 13.8 Å². The zero-order chi connectivity index (χ0) is 85.8. The van der Waals surface area contributed by atoms with Gasteiger partial charge in [0, 0.05) is 61.4 Å². The van der Waals surface area contributed by atoms with Crippen LogP contribution in [0.2, 0.25) is 0 Å². The number of hydrogen-bond acceptors (Lipinski definition) is 10. The van der Waals surface area contributed by atoms with Crippen molar-refractivity contribution in [1.29, 1.82) is 0 Å². The lowest BCUT2D eigenvalue weighted by molar-refractivity contribution is 0.784. The van der Waals surface area contributed by atoms with E-state index in [0.29, 0.717) is 84.2 Å². The smallest absolute Gasteiger partial charge is 0.132 e. The van der Waals surface area contributed by atoms with Crippen LogP contribution in [0.15, 0.2) is 297 Å². The molecule has 0 radical (unpaired) electrons. The Morgan fingerprint density at radius 2 is 0.729 bits per heavy atom. The van der Waals surface area contributed by atoms with Gasteiger partial charge in [0.05, 0.1) is 108 Å². The van der Waals surface area contributed by atoms with Gasteiger partial charge in [-0.25, -0.2) is 49.8 Å². The Kier molecular flexibility index (Phi) is 18.2. The average molecular weight is 1410 g/mol. The maximum Gasteiger partial charge on any atom is 0.132 e. The molecule has 0 saturated carbocycles. The standard InChI is InChI=1S/C23H20N2.C22H20N2.C18H18N2.2C17H16N2/c1-16(2)19-14-9-15-20-23(19)25-22(18-12-7-4-8-13-18)21(24-20)17-10-5-3-6-11-17;1-14(2)20-21(17-7-5-4-6-8-17)23-19-12-11-16-10-9-15(3)13-18(16)22(19)24-20;1-12(2)18-19-16-13(3)8-7-11-15(16)17(20-18)14-9-5-4-6-10-14;1-12(2)17-18-15-11-7-6-10-14(15)16(19-17)13-8-4-3-5-9-13;1-12(2)16-17(13-8-4-3-5-9-13)19-15-11-7-6-10-14(15)18-16/h3-16H,1-2H3;4-14H,1-3H3;4-12H,1-3H3;2*3-12H,1-2H3/i3D,5D,6D,10D,11D;9D,10D,13D;7D,8D,11D;10D;11D. The fourth-order valence-corrected chi connectivity index (χ4v) is 12.3. The molecule has 0 N–H and O–H groups in total. The van der Waals surface area contributed by atoms with Crippen LogP contribution in [-0.2, 0) is 0 Å². The minimum Gasteiger partial charge on any atom is -0.249 e. The summed E-state index contributed by atoms with van der Waals surface area (Å²) in [5, 5.41) is 2.57. The highest BCUT2D eigenvalue weighted by Crippen LogP contribution is 2.37. The first kappa shape index (κ1) is 57.9. The second-order valence-electron chi connectivity index (χ2n) is 27.4. The van der Waals surface area contributed by atoms with Gasteiger partial charge in [-0.3, -0.25) is 0 Å². The summed E-state index contributed by atoms with van der Waals surface area (Å²) in [5.41, 5.74) is 18.5. The molecule has 0 fully saturated rings. The molecule has 0 unspecified atom stereocenters. The second kappa shape index (κ2) is 33.6. The molecule has 10 heteroatoms. The summed E-state index contributed by atoms with van der Waals surface area (Å²) in [7, 11) is 0. The van der Waals surface area contributed by atoms with Gasteiger partial charge >= 0.3 is 0 Å². The van der Waals surface area contributed by atoms with Crippen molar-refractivity contribution in [1.82, 2.24) is 49.8 Å². The van der Waals surface area contributed by atoms with Gasteiger partial charge in [0.25, 0.3) is 0 Å². The first-order valence-electron chi connectivity index (χ1n) is 42.6. The van der Waals surface area contributed by atoms with E-state index >= 15 is 0 Å². The number of aryl methyl sites for hydroxylation is 1. The molecule has 528 valence electrons. The fraction of sp³-hybridized carbons (Fsp3) is 0.175. The molecule has 0 aliphatic carbocycles. The molecule has 10 nitrogen and oxygen atoms in total. The fourth-order valence-electron chi connectivity index (χ4n) is 12.3. The van der Waals surface area contributed by atoms with E-state index in [9.17, 15) is 0 Å². The molecule has 12 aromatic carbocycles. The monoisotopic (exact) mass is 1410 g/mol. The van der Waals surface area contributed by atoms with E-state index in [2.05, 4.69) is 70.3 Å². The van der Waals surface area contributed by atoms with E-state index in [1.54, 1.807) is 32.0 Å². The predicted molar refractivity (Wildman–Crippen MR) is 448 cm³/mol. The van der Waals surface area contributed by atoms with E-state index < -0.39 is 6.04 Å². The largest absolute Gasteiger partial charge is 0.249 e. The van der Waals surface area contributed by atoms with Crippen LogP contribution < -0.4 is 0 Å². The van der Waals surface area contributed by atoms with Gasteiger partial charge in [-0.05, 0) is 84.5 Å².